The van der Waals surface area contributed by atoms with Crippen LogP contribution in [0.4, 0.5) is 0 Å². The molecule has 1 aromatic heterocycles. The molecule has 150 valence electrons. The van der Waals surface area contributed by atoms with Gasteiger partial charge in [0.15, 0.2) is 0 Å². The molecule has 0 radical (unpaired) electrons. The lowest BCUT2D eigenvalue weighted by Gasteiger charge is -2.04. The van der Waals surface area contributed by atoms with Gasteiger partial charge in [-0.15, -0.1) is 0 Å². The van der Waals surface area contributed by atoms with Crippen LogP contribution in [-0.2, 0) is 11.8 Å². The number of benzene rings is 1. The average Bonchev–Trinajstić information content (AvgIpc) is 3.37. The molecule has 0 amide bonds. The summed E-state index contributed by atoms with van der Waals surface area (Å²) in [5.74, 6) is 1.08. The lowest BCUT2D eigenvalue weighted by molar-refractivity contribution is 0.365. The third kappa shape index (κ3) is 5.67. The first-order valence-electron chi connectivity index (χ1n) is 11.1. The van der Waals surface area contributed by atoms with Crippen LogP contribution in [0.15, 0.2) is 28.8 Å². The van der Waals surface area contributed by atoms with Gasteiger partial charge in [0.05, 0.1) is 6.07 Å². The summed E-state index contributed by atoms with van der Waals surface area (Å²) in [6, 6.07) is 10.7. The van der Waals surface area contributed by atoms with Crippen LogP contribution in [-0.4, -0.2) is 10.1 Å². The maximum atomic E-state index is 9.28. The number of aryl methyl sites for hydroxylation is 1. The van der Waals surface area contributed by atoms with Crippen molar-refractivity contribution in [3.63, 3.8) is 0 Å². The fourth-order valence-corrected chi connectivity index (χ4v) is 3.72. The van der Waals surface area contributed by atoms with E-state index in [0.29, 0.717) is 11.7 Å². The zero-order chi connectivity index (χ0) is 19.7. The Morgan fingerprint density at radius 2 is 1.68 bits per heavy atom. The molecule has 0 unspecified atom stereocenters. The summed E-state index contributed by atoms with van der Waals surface area (Å²) in [6.07, 6.45) is 16.3. The summed E-state index contributed by atoms with van der Waals surface area (Å²) in [7, 11) is 0. The number of aromatic nitrogens is 2. The van der Waals surface area contributed by atoms with Gasteiger partial charge in [-0.3, -0.25) is 0 Å². The average molecular weight is 380 g/mol. The summed E-state index contributed by atoms with van der Waals surface area (Å²) >= 11 is 0. The number of nitriles is 1. The van der Waals surface area contributed by atoms with E-state index >= 15 is 0 Å². The number of unbranched alkanes of at least 4 members (excludes halogenated alkanes) is 9. The van der Waals surface area contributed by atoms with Crippen molar-refractivity contribution in [1.82, 2.24) is 10.1 Å². The Kier molecular flexibility index (Phi) is 7.65. The van der Waals surface area contributed by atoms with Crippen molar-refractivity contribution in [2.75, 3.05) is 0 Å². The van der Waals surface area contributed by atoms with Gasteiger partial charge in [-0.25, -0.2) is 0 Å². The summed E-state index contributed by atoms with van der Waals surface area (Å²) in [6.45, 7) is 2.27. The van der Waals surface area contributed by atoms with E-state index in [1.54, 1.807) is 0 Å². The molecule has 1 aliphatic carbocycles. The fraction of sp³-hybridized carbons (Fsp3) is 0.625. The van der Waals surface area contributed by atoms with Crippen molar-refractivity contribution in [3.05, 3.63) is 35.7 Å². The lowest BCUT2D eigenvalue weighted by atomic mass is 10.0. The van der Waals surface area contributed by atoms with Crippen LogP contribution in [0.3, 0.4) is 0 Å². The molecule has 28 heavy (non-hydrogen) atoms. The summed E-state index contributed by atoms with van der Waals surface area (Å²) < 4.78 is 5.36. The highest BCUT2D eigenvalue weighted by molar-refractivity contribution is 5.55. The SMILES string of the molecule is CCCCCCCCCCCCc1cccc(-c2noc(C3(C#N)CC3)n2)c1. The van der Waals surface area contributed by atoms with Gasteiger partial charge in [0.25, 0.3) is 0 Å². The van der Waals surface area contributed by atoms with Crippen molar-refractivity contribution in [3.8, 4) is 17.5 Å². The third-order valence-electron chi connectivity index (χ3n) is 5.80. The van der Waals surface area contributed by atoms with E-state index in [-0.39, 0.29) is 0 Å². The first-order chi connectivity index (χ1) is 13.8. The summed E-state index contributed by atoms with van der Waals surface area (Å²) in [5.41, 5.74) is 1.79. The molecule has 4 heteroatoms. The molecule has 0 aliphatic heterocycles. The maximum Gasteiger partial charge on any atom is 0.247 e. The lowest BCUT2D eigenvalue weighted by Crippen LogP contribution is -2.02. The zero-order valence-electron chi connectivity index (χ0n) is 17.3. The van der Waals surface area contributed by atoms with Gasteiger partial charge in [0.1, 0.15) is 5.41 Å². The summed E-state index contributed by atoms with van der Waals surface area (Å²) in [4.78, 5) is 4.48. The molecule has 2 aromatic rings. The molecular formula is C24H33N3O. The Morgan fingerprint density at radius 3 is 2.32 bits per heavy atom. The second-order valence-electron chi connectivity index (χ2n) is 8.25. The molecule has 1 aliphatic rings. The minimum Gasteiger partial charge on any atom is -0.337 e. The molecule has 1 saturated carbocycles. The zero-order valence-corrected chi connectivity index (χ0v) is 17.3. The van der Waals surface area contributed by atoms with Gasteiger partial charge in [-0.05, 0) is 37.3 Å². The van der Waals surface area contributed by atoms with Gasteiger partial charge in [0, 0.05) is 5.56 Å². The number of hydrogen-bond donors (Lipinski definition) is 0. The third-order valence-corrected chi connectivity index (χ3v) is 5.80. The highest BCUT2D eigenvalue weighted by Crippen LogP contribution is 2.47. The van der Waals surface area contributed by atoms with Crippen LogP contribution in [0.25, 0.3) is 11.4 Å². The van der Waals surface area contributed by atoms with E-state index in [4.69, 9.17) is 4.52 Å². The number of nitrogens with zero attached hydrogens (tertiary/aromatic N) is 3. The molecule has 0 saturated heterocycles. The standard InChI is InChI=1S/C24H33N3O/c1-2-3-4-5-6-7-8-9-10-11-13-20-14-12-15-21(18-20)22-26-23(28-27-22)24(19-25)16-17-24/h12,14-15,18H,2-11,13,16-17H2,1H3. The number of hydrogen-bond acceptors (Lipinski definition) is 4. The maximum absolute atomic E-state index is 9.28. The predicted molar refractivity (Wildman–Crippen MR) is 112 cm³/mol. The predicted octanol–water partition coefficient (Wildman–Crippen LogP) is 6.76. The largest absolute Gasteiger partial charge is 0.337 e. The van der Waals surface area contributed by atoms with E-state index in [1.807, 2.05) is 6.07 Å². The first-order valence-corrected chi connectivity index (χ1v) is 11.1. The molecule has 1 heterocycles. The monoisotopic (exact) mass is 379 g/mol. The van der Waals surface area contributed by atoms with Gasteiger partial charge in [-0.1, -0.05) is 88.1 Å². The van der Waals surface area contributed by atoms with Crippen LogP contribution in [0.2, 0.25) is 0 Å². The second-order valence-corrected chi connectivity index (χ2v) is 8.25. The quantitative estimate of drug-likeness (QED) is 0.361. The molecule has 1 fully saturated rings. The second kappa shape index (κ2) is 10.4. The van der Waals surface area contributed by atoms with Gasteiger partial charge >= 0.3 is 0 Å². The molecule has 3 rings (SSSR count). The van der Waals surface area contributed by atoms with Crippen molar-refractivity contribution in [1.29, 1.82) is 5.26 Å². The molecular weight excluding hydrogens is 346 g/mol. The Bertz CT molecular complexity index is 770. The van der Waals surface area contributed by atoms with Crippen LogP contribution in [0.5, 0.6) is 0 Å². The van der Waals surface area contributed by atoms with E-state index in [1.165, 1.54) is 69.8 Å². The first kappa shape index (κ1) is 20.6. The minimum absolute atomic E-state index is 0.477. The van der Waals surface area contributed by atoms with Gasteiger partial charge in [0.2, 0.25) is 11.7 Å². The highest BCUT2D eigenvalue weighted by atomic mass is 16.5. The fourth-order valence-electron chi connectivity index (χ4n) is 3.72. The van der Waals surface area contributed by atoms with E-state index < -0.39 is 5.41 Å². The van der Waals surface area contributed by atoms with Crippen molar-refractivity contribution in [2.24, 2.45) is 0 Å². The van der Waals surface area contributed by atoms with E-state index in [2.05, 4.69) is 41.3 Å². The Labute approximate surface area is 169 Å². The van der Waals surface area contributed by atoms with E-state index in [9.17, 15) is 5.26 Å². The normalized spacial score (nSPS) is 14.7. The van der Waals surface area contributed by atoms with Crippen LogP contribution < -0.4 is 0 Å². The molecule has 1 aromatic carbocycles. The Morgan fingerprint density at radius 1 is 1.00 bits per heavy atom. The number of rotatable bonds is 13. The molecule has 4 nitrogen and oxygen atoms in total. The van der Waals surface area contributed by atoms with Gasteiger partial charge in [-0.2, -0.15) is 10.2 Å². The van der Waals surface area contributed by atoms with Gasteiger partial charge < -0.3 is 4.52 Å². The van der Waals surface area contributed by atoms with Crippen molar-refractivity contribution in [2.45, 2.75) is 95.8 Å². The summed E-state index contributed by atoms with van der Waals surface area (Å²) in [5, 5.41) is 13.4. The minimum atomic E-state index is -0.515. The topological polar surface area (TPSA) is 62.7 Å². The highest BCUT2D eigenvalue weighted by Gasteiger charge is 2.50. The molecule has 0 bridgehead atoms. The molecule has 0 N–H and O–H groups in total. The van der Waals surface area contributed by atoms with Crippen LogP contribution in [0.1, 0.15) is 95.4 Å². The van der Waals surface area contributed by atoms with Crippen LogP contribution >= 0.6 is 0 Å². The van der Waals surface area contributed by atoms with Crippen molar-refractivity contribution < 1.29 is 4.52 Å². The Hall–Kier alpha value is -2.15. The van der Waals surface area contributed by atoms with E-state index in [0.717, 1.165) is 24.8 Å². The molecule has 0 spiro atoms. The molecule has 0 atom stereocenters. The Balaban J connectivity index is 1.38. The smallest absolute Gasteiger partial charge is 0.247 e. The van der Waals surface area contributed by atoms with Crippen LogP contribution in [0, 0.1) is 11.3 Å². The van der Waals surface area contributed by atoms with Crippen molar-refractivity contribution >= 4 is 0 Å².